The molecule has 5 nitrogen and oxygen atoms in total. The summed E-state index contributed by atoms with van der Waals surface area (Å²) in [7, 11) is 0. The quantitative estimate of drug-likeness (QED) is 0.677. The number of Topliss-reactive ketones (excluding diaryl/α,β-unsaturated/α-hetero) is 1. The number of carbonyl (C=O) groups is 2. The number of aromatic nitrogens is 1. The van der Waals surface area contributed by atoms with E-state index in [2.05, 4.69) is 19.1 Å². The van der Waals surface area contributed by atoms with Crippen molar-refractivity contribution in [2.45, 2.75) is 38.6 Å². The van der Waals surface area contributed by atoms with Gasteiger partial charge in [-0.05, 0) is 49.1 Å². The van der Waals surface area contributed by atoms with Gasteiger partial charge >= 0.3 is 5.91 Å². The summed E-state index contributed by atoms with van der Waals surface area (Å²) in [5.74, 6) is -0.766. The molecule has 3 heterocycles. The molecule has 1 saturated heterocycles. The van der Waals surface area contributed by atoms with Gasteiger partial charge in [0.1, 0.15) is 6.04 Å². The molecule has 1 unspecified atom stereocenters. The van der Waals surface area contributed by atoms with E-state index in [0.717, 1.165) is 47.6 Å². The molecular formula is C23H24N3O2S+. The number of aryl methyl sites for hydroxylation is 1. The normalized spacial score (nSPS) is 21.8. The average Bonchev–Trinajstić information content (AvgIpc) is 3.29. The number of hydrogen-bond donors (Lipinski definition) is 1. The number of ketones is 1. The highest BCUT2D eigenvalue weighted by Crippen LogP contribution is 2.31. The van der Waals surface area contributed by atoms with Crippen molar-refractivity contribution in [1.82, 2.24) is 4.98 Å². The van der Waals surface area contributed by atoms with Crippen molar-refractivity contribution in [3.63, 3.8) is 0 Å². The molecule has 1 amide bonds. The number of piperidine rings is 1. The SMILES string of the molecule is CCc1ccc2c(c1)C(=O)C(=O)N2C[NH+]1CCCC[C@@H]1c1nc2ccccc2s1. The fourth-order valence-electron chi connectivity index (χ4n) is 4.53. The molecule has 0 saturated carbocycles. The topological polar surface area (TPSA) is 54.7 Å². The predicted octanol–water partition coefficient (Wildman–Crippen LogP) is 3.16. The van der Waals surface area contributed by atoms with Crippen molar-refractivity contribution in [2.75, 3.05) is 18.1 Å². The highest BCUT2D eigenvalue weighted by molar-refractivity contribution is 7.18. The number of carbonyl (C=O) groups excluding carboxylic acids is 2. The number of para-hydroxylation sites is 1. The Kier molecular flexibility index (Phi) is 4.68. The van der Waals surface area contributed by atoms with E-state index in [4.69, 9.17) is 4.98 Å². The number of thiazole rings is 1. The molecule has 29 heavy (non-hydrogen) atoms. The van der Waals surface area contributed by atoms with Gasteiger partial charge in [-0.2, -0.15) is 0 Å². The second-order valence-corrected chi connectivity index (χ2v) is 8.96. The molecular weight excluding hydrogens is 382 g/mol. The first kappa shape index (κ1) is 18.5. The molecule has 1 aromatic heterocycles. The van der Waals surface area contributed by atoms with Gasteiger partial charge in [-0.1, -0.05) is 25.1 Å². The Labute approximate surface area is 174 Å². The number of amides is 1. The number of benzene rings is 2. The molecule has 2 aromatic carbocycles. The highest BCUT2D eigenvalue weighted by Gasteiger charge is 2.40. The monoisotopic (exact) mass is 406 g/mol. The lowest BCUT2D eigenvalue weighted by molar-refractivity contribution is -0.935. The highest BCUT2D eigenvalue weighted by atomic mass is 32.1. The first-order valence-corrected chi connectivity index (χ1v) is 11.2. The van der Waals surface area contributed by atoms with Crippen LogP contribution in [0.15, 0.2) is 42.5 Å². The van der Waals surface area contributed by atoms with Gasteiger partial charge in [0.2, 0.25) is 0 Å². The standard InChI is InChI=1S/C23H23N3O2S/c1-2-15-10-11-18-16(13-15)21(27)23(28)26(18)14-25-12-6-5-8-19(25)22-24-17-7-3-4-9-20(17)29-22/h3-4,7,9-11,13,19H,2,5-6,8,12,14H2,1H3/p+1/t19-/m1/s1. The Hall–Kier alpha value is -2.57. The molecule has 0 radical (unpaired) electrons. The van der Waals surface area contributed by atoms with E-state index in [0.29, 0.717) is 12.2 Å². The lowest BCUT2D eigenvalue weighted by Crippen LogP contribution is -3.14. The molecule has 6 heteroatoms. The summed E-state index contributed by atoms with van der Waals surface area (Å²) in [6, 6.07) is 14.3. The third-order valence-corrected chi connectivity index (χ3v) is 7.30. The van der Waals surface area contributed by atoms with E-state index in [-0.39, 0.29) is 11.8 Å². The van der Waals surface area contributed by atoms with Gasteiger partial charge in [0.05, 0.1) is 28.0 Å². The van der Waals surface area contributed by atoms with Crippen LogP contribution in [-0.4, -0.2) is 29.9 Å². The first-order chi connectivity index (χ1) is 14.2. The zero-order chi connectivity index (χ0) is 20.0. The minimum atomic E-state index is -0.394. The van der Waals surface area contributed by atoms with Crippen molar-refractivity contribution in [2.24, 2.45) is 0 Å². The van der Waals surface area contributed by atoms with Crippen molar-refractivity contribution < 1.29 is 14.5 Å². The van der Waals surface area contributed by atoms with E-state index in [9.17, 15) is 9.59 Å². The third kappa shape index (κ3) is 3.16. The maximum atomic E-state index is 12.8. The molecule has 1 fully saturated rings. The van der Waals surface area contributed by atoms with Crippen LogP contribution in [0.25, 0.3) is 10.2 Å². The summed E-state index contributed by atoms with van der Waals surface area (Å²) in [6.45, 7) is 3.56. The number of nitrogens with one attached hydrogen (secondary N) is 1. The minimum absolute atomic E-state index is 0.267. The van der Waals surface area contributed by atoms with Gasteiger partial charge < -0.3 is 4.90 Å². The third-order valence-electron chi connectivity index (χ3n) is 6.15. The van der Waals surface area contributed by atoms with Crippen LogP contribution in [0.3, 0.4) is 0 Å². The van der Waals surface area contributed by atoms with E-state index < -0.39 is 5.91 Å². The van der Waals surface area contributed by atoms with Gasteiger partial charge in [0.15, 0.2) is 11.7 Å². The van der Waals surface area contributed by atoms with E-state index in [1.165, 1.54) is 16.0 Å². The minimum Gasteiger partial charge on any atom is -0.309 e. The Bertz CT molecular complexity index is 1070. The lowest BCUT2D eigenvalue weighted by atomic mass is 10.0. The largest absolute Gasteiger partial charge is 0.309 e. The van der Waals surface area contributed by atoms with Gasteiger partial charge in [0, 0.05) is 6.42 Å². The molecule has 5 rings (SSSR count). The van der Waals surface area contributed by atoms with Crippen LogP contribution in [0.5, 0.6) is 0 Å². The summed E-state index contributed by atoms with van der Waals surface area (Å²) in [5, 5.41) is 1.14. The van der Waals surface area contributed by atoms with Gasteiger partial charge in [-0.3, -0.25) is 14.5 Å². The molecule has 2 aliphatic rings. The molecule has 1 N–H and O–H groups in total. The summed E-state index contributed by atoms with van der Waals surface area (Å²) < 4.78 is 1.21. The lowest BCUT2D eigenvalue weighted by Gasteiger charge is -2.33. The summed E-state index contributed by atoms with van der Waals surface area (Å²) in [4.78, 5) is 33.2. The van der Waals surface area contributed by atoms with E-state index >= 15 is 0 Å². The molecule has 2 atom stereocenters. The zero-order valence-electron chi connectivity index (χ0n) is 16.5. The summed E-state index contributed by atoms with van der Waals surface area (Å²) in [5.41, 5.74) is 3.45. The van der Waals surface area contributed by atoms with Crippen LogP contribution in [-0.2, 0) is 11.2 Å². The summed E-state index contributed by atoms with van der Waals surface area (Å²) >= 11 is 1.76. The Morgan fingerprint density at radius 2 is 2.03 bits per heavy atom. The molecule has 0 aliphatic carbocycles. The number of anilines is 1. The average molecular weight is 407 g/mol. The molecule has 148 valence electrons. The molecule has 0 spiro atoms. The van der Waals surface area contributed by atoms with Crippen LogP contribution < -0.4 is 9.80 Å². The van der Waals surface area contributed by atoms with E-state index in [1.807, 2.05) is 30.3 Å². The number of nitrogens with zero attached hydrogens (tertiary/aromatic N) is 2. The molecule has 0 bridgehead atoms. The predicted molar refractivity (Wildman–Crippen MR) is 115 cm³/mol. The number of likely N-dealkylation sites (tertiary alicyclic amines) is 1. The summed E-state index contributed by atoms with van der Waals surface area (Å²) in [6.07, 6.45) is 4.22. The number of fused-ring (bicyclic) bond motifs is 2. The van der Waals surface area contributed by atoms with E-state index in [1.54, 1.807) is 16.2 Å². The van der Waals surface area contributed by atoms with Crippen molar-refractivity contribution >= 4 is 38.9 Å². The molecule has 3 aromatic rings. The van der Waals surface area contributed by atoms with Gasteiger partial charge in [0.25, 0.3) is 5.78 Å². The number of hydrogen-bond acceptors (Lipinski definition) is 4. The molecule has 2 aliphatic heterocycles. The van der Waals surface area contributed by atoms with Crippen molar-refractivity contribution in [3.05, 3.63) is 58.6 Å². The Balaban J connectivity index is 1.45. The Morgan fingerprint density at radius 1 is 1.17 bits per heavy atom. The van der Waals surface area contributed by atoms with Crippen LogP contribution in [0.2, 0.25) is 0 Å². The second kappa shape index (κ2) is 7.35. The van der Waals surface area contributed by atoms with Crippen molar-refractivity contribution in [1.29, 1.82) is 0 Å². The fraction of sp³-hybridized carbons (Fsp3) is 0.348. The second-order valence-electron chi connectivity index (χ2n) is 7.90. The van der Waals surface area contributed by atoms with Crippen LogP contribution in [0.4, 0.5) is 5.69 Å². The maximum Gasteiger partial charge on any atom is 0.303 e. The van der Waals surface area contributed by atoms with Gasteiger partial charge in [-0.15, -0.1) is 11.3 Å². The van der Waals surface area contributed by atoms with Crippen LogP contribution >= 0.6 is 11.3 Å². The number of quaternary nitrogens is 1. The maximum absolute atomic E-state index is 12.8. The van der Waals surface area contributed by atoms with Crippen molar-refractivity contribution in [3.8, 4) is 0 Å². The first-order valence-electron chi connectivity index (χ1n) is 10.3. The smallest absolute Gasteiger partial charge is 0.303 e. The number of rotatable bonds is 4. The zero-order valence-corrected chi connectivity index (χ0v) is 17.3. The van der Waals surface area contributed by atoms with Gasteiger partial charge in [-0.25, -0.2) is 4.98 Å². The Morgan fingerprint density at radius 3 is 2.86 bits per heavy atom. The fourth-order valence-corrected chi connectivity index (χ4v) is 5.69. The van der Waals surface area contributed by atoms with Crippen LogP contribution in [0, 0.1) is 0 Å². The van der Waals surface area contributed by atoms with Crippen LogP contribution in [0.1, 0.15) is 53.2 Å².